The molecule has 34 heavy (non-hydrogen) atoms. The van der Waals surface area contributed by atoms with Crippen LogP contribution in [0.15, 0.2) is 53.9 Å². The van der Waals surface area contributed by atoms with Gasteiger partial charge in [-0.05, 0) is 42.2 Å². The van der Waals surface area contributed by atoms with Crippen LogP contribution in [-0.2, 0) is 9.63 Å². The molecule has 2 amide bonds. The summed E-state index contributed by atoms with van der Waals surface area (Å²) in [6.07, 6.45) is 8.63. The van der Waals surface area contributed by atoms with Gasteiger partial charge in [-0.1, -0.05) is 42.6 Å². The van der Waals surface area contributed by atoms with Gasteiger partial charge in [0.05, 0.1) is 17.9 Å². The number of carbonyl (C=O) groups excluding carboxylic acids is 2. The van der Waals surface area contributed by atoms with Crippen molar-refractivity contribution in [1.82, 2.24) is 15.2 Å². The fraction of sp³-hybridized carbons (Fsp3) is 0.462. The molecule has 0 spiro atoms. The second kappa shape index (κ2) is 10.8. The summed E-state index contributed by atoms with van der Waals surface area (Å²) < 4.78 is 0. The normalized spacial score (nSPS) is 20.8. The summed E-state index contributed by atoms with van der Waals surface area (Å²) in [5, 5.41) is 17.6. The van der Waals surface area contributed by atoms with Crippen molar-refractivity contribution in [3.8, 4) is 11.1 Å². The Hall–Kier alpha value is -3.26. The molecule has 2 N–H and O–H groups in total. The average Bonchev–Trinajstić information content (AvgIpc) is 3.26. The van der Waals surface area contributed by atoms with Crippen LogP contribution in [-0.4, -0.2) is 64.4 Å². The van der Waals surface area contributed by atoms with E-state index in [9.17, 15) is 14.7 Å². The number of nitrogens with zero attached hydrogens (tertiary/aromatic N) is 3. The summed E-state index contributed by atoms with van der Waals surface area (Å²) in [6, 6.07) is 10.9. The van der Waals surface area contributed by atoms with Crippen molar-refractivity contribution >= 4 is 17.5 Å². The highest BCUT2D eigenvalue weighted by molar-refractivity contribution is 6.01. The number of likely N-dealkylation sites (tertiary alicyclic amines) is 1. The summed E-state index contributed by atoms with van der Waals surface area (Å²) in [6.45, 7) is 0.570. The summed E-state index contributed by atoms with van der Waals surface area (Å²) in [5.41, 5.74) is 2.41. The first-order valence-corrected chi connectivity index (χ1v) is 11.9. The monoisotopic (exact) mass is 464 g/mol. The molecule has 1 saturated carbocycles. The van der Waals surface area contributed by atoms with Crippen LogP contribution in [0.5, 0.6) is 0 Å². The molecular weight excluding hydrogens is 432 g/mol. The number of amides is 2. The van der Waals surface area contributed by atoms with Crippen molar-refractivity contribution in [2.75, 3.05) is 20.2 Å². The van der Waals surface area contributed by atoms with Crippen molar-refractivity contribution in [2.24, 2.45) is 5.16 Å². The van der Waals surface area contributed by atoms with Crippen LogP contribution in [0.3, 0.4) is 0 Å². The Morgan fingerprint density at radius 1 is 1.18 bits per heavy atom. The van der Waals surface area contributed by atoms with Crippen molar-refractivity contribution in [1.29, 1.82) is 0 Å². The maximum atomic E-state index is 13.3. The van der Waals surface area contributed by atoms with Crippen molar-refractivity contribution in [2.45, 2.75) is 56.6 Å². The van der Waals surface area contributed by atoms with Gasteiger partial charge in [0.1, 0.15) is 7.11 Å². The Morgan fingerprint density at radius 2 is 1.94 bits per heavy atom. The molecule has 4 rings (SSSR count). The molecule has 1 atom stereocenters. The topological polar surface area (TPSA) is 104 Å². The van der Waals surface area contributed by atoms with Gasteiger partial charge < -0.3 is 20.2 Å². The van der Waals surface area contributed by atoms with Crippen LogP contribution in [0.4, 0.5) is 0 Å². The molecule has 2 heterocycles. The number of oxime groups is 1. The minimum atomic E-state index is -0.822. The van der Waals surface area contributed by atoms with Gasteiger partial charge >= 0.3 is 0 Å². The molecule has 0 bridgehead atoms. The minimum absolute atomic E-state index is 0.150. The number of nitrogens with one attached hydrogen (secondary N) is 1. The first-order valence-electron chi connectivity index (χ1n) is 11.9. The van der Waals surface area contributed by atoms with Crippen LogP contribution in [0.2, 0.25) is 0 Å². The van der Waals surface area contributed by atoms with Crippen LogP contribution >= 0.6 is 0 Å². The lowest BCUT2D eigenvalue weighted by molar-refractivity contribution is -0.123. The van der Waals surface area contributed by atoms with Gasteiger partial charge in [0.15, 0.2) is 0 Å². The minimum Gasteiger partial charge on any atom is -0.399 e. The maximum Gasteiger partial charge on any atom is 0.254 e. The SMILES string of the molecule is CON=C1C[C@@H](CC(=O)NCC2(O)CCCCC2)N(C(=O)c2ccc(-c3cccnc3)cc2)C1. The van der Waals surface area contributed by atoms with Crippen LogP contribution < -0.4 is 5.32 Å². The van der Waals surface area contributed by atoms with E-state index in [2.05, 4.69) is 15.5 Å². The molecular formula is C26H32N4O4. The highest BCUT2D eigenvalue weighted by Crippen LogP contribution is 2.28. The number of hydrogen-bond donors (Lipinski definition) is 2. The zero-order valence-electron chi connectivity index (χ0n) is 19.6. The van der Waals surface area contributed by atoms with Gasteiger partial charge in [0, 0.05) is 43.4 Å². The smallest absolute Gasteiger partial charge is 0.254 e. The Labute approximate surface area is 200 Å². The summed E-state index contributed by atoms with van der Waals surface area (Å²) in [5.74, 6) is -0.324. The predicted molar refractivity (Wildman–Crippen MR) is 129 cm³/mol. The fourth-order valence-corrected chi connectivity index (χ4v) is 4.83. The molecule has 1 aromatic carbocycles. The number of hydrogen-bond acceptors (Lipinski definition) is 6. The van der Waals surface area contributed by atoms with Gasteiger partial charge in [0.2, 0.25) is 5.91 Å². The highest BCUT2D eigenvalue weighted by Gasteiger charge is 2.36. The van der Waals surface area contributed by atoms with Gasteiger partial charge in [-0.2, -0.15) is 0 Å². The largest absolute Gasteiger partial charge is 0.399 e. The molecule has 2 fully saturated rings. The number of aliphatic hydroxyl groups is 1. The number of aromatic nitrogens is 1. The molecule has 180 valence electrons. The molecule has 8 heteroatoms. The van der Waals surface area contributed by atoms with Crippen molar-refractivity contribution in [3.63, 3.8) is 0 Å². The van der Waals surface area contributed by atoms with Gasteiger partial charge in [-0.15, -0.1) is 0 Å². The third kappa shape index (κ3) is 5.80. The third-order valence-electron chi connectivity index (χ3n) is 6.69. The number of benzene rings is 1. The highest BCUT2D eigenvalue weighted by atomic mass is 16.6. The molecule has 2 aromatic rings. The lowest BCUT2D eigenvalue weighted by Crippen LogP contribution is -2.46. The fourth-order valence-electron chi connectivity index (χ4n) is 4.83. The van der Waals surface area contributed by atoms with E-state index in [-0.39, 0.29) is 30.8 Å². The second-order valence-electron chi connectivity index (χ2n) is 9.22. The van der Waals surface area contributed by atoms with Crippen LogP contribution in [0.25, 0.3) is 11.1 Å². The van der Waals surface area contributed by atoms with Crippen molar-refractivity contribution in [3.05, 3.63) is 54.4 Å². The van der Waals surface area contributed by atoms with E-state index < -0.39 is 5.60 Å². The average molecular weight is 465 g/mol. The quantitative estimate of drug-likeness (QED) is 0.613. The summed E-state index contributed by atoms with van der Waals surface area (Å²) in [4.78, 5) is 36.8. The van der Waals surface area contributed by atoms with Crippen LogP contribution in [0.1, 0.15) is 55.3 Å². The Kier molecular flexibility index (Phi) is 7.57. The molecule has 1 saturated heterocycles. The summed E-state index contributed by atoms with van der Waals surface area (Å²) >= 11 is 0. The van der Waals surface area contributed by atoms with E-state index in [1.54, 1.807) is 29.4 Å². The van der Waals surface area contributed by atoms with Crippen molar-refractivity contribution < 1.29 is 19.5 Å². The summed E-state index contributed by atoms with van der Waals surface area (Å²) in [7, 11) is 1.47. The molecule has 2 aliphatic rings. The lowest BCUT2D eigenvalue weighted by atomic mass is 9.85. The molecule has 8 nitrogen and oxygen atoms in total. The molecule has 1 aromatic heterocycles. The van der Waals surface area contributed by atoms with Gasteiger partial charge in [-0.25, -0.2) is 0 Å². The van der Waals surface area contributed by atoms with E-state index in [1.165, 1.54) is 7.11 Å². The molecule has 0 unspecified atom stereocenters. The standard InChI is InChI=1S/C26H32N4O4/c1-34-29-22-14-23(15-24(31)28-18-26(33)11-3-2-4-12-26)30(17-22)25(32)20-9-7-19(8-10-20)21-6-5-13-27-16-21/h5-10,13,16,23,33H,2-4,11-12,14-15,17-18H2,1H3,(H,28,31)/t23-/m0/s1. The maximum absolute atomic E-state index is 13.3. The van der Waals surface area contributed by atoms with Gasteiger partial charge in [-0.3, -0.25) is 14.6 Å². The van der Waals surface area contributed by atoms with E-state index >= 15 is 0 Å². The predicted octanol–water partition coefficient (Wildman–Crippen LogP) is 3.17. The van der Waals surface area contributed by atoms with E-state index in [4.69, 9.17) is 4.84 Å². The second-order valence-corrected chi connectivity index (χ2v) is 9.22. The van der Waals surface area contributed by atoms with Gasteiger partial charge in [0.25, 0.3) is 5.91 Å². The first kappa shape index (κ1) is 23.9. The van der Waals surface area contributed by atoms with E-state index in [0.29, 0.717) is 31.4 Å². The first-order chi connectivity index (χ1) is 16.5. The molecule has 1 aliphatic heterocycles. The Balaban J connectivity index is 1.42. The third-order valence-corrected chi connectivity index (χ3v) is 6.69. The number of pyridine rings is 1. The molecule has 1 aliphatic carbocycles. The Morgan fingerprint density at radius 3 is 2.62 bits per heavy atom. The van der Waals surface area contributed by atoms with Crippen LogP contribution in [0, 0.1) is 0 Å². The lowest BCUT2D eigenvalue weighted by Gasteiger charge is -2.32. The van der Waals surface area contributed by atoms with E-state index in [0.717, 1.165) is 36.1 Å². The number of rotatable bonds is 7. The van der Waals surface area contributed by atoms with E-state index in [1.807, 2.05) is 24.3 Å². The zero-order chi connectivity index (χ0) is 24.0. The Bertz CT molecular complexity index is 1020. The molecule has 0 radical (unpaired) electrons. The number of carbonyl (C=O) groups is 2. The zero-order valence-corrected chi connectivity index (χ0v) is 19.6.